The smallest absolute Gasteiger partial charge is 0.253 e. The van der Waals surface area contributed by atoms with Gasteiger partial charge in [-0.25, -0.2) is 0 Å². The van der Waals surface area contributed by atoms with Gasteiger partial charge in [0.25, 0.3) is 5.91 Å². The number of benzene rings is 2. The standard InChI is InChI=1S/C23H27Cl2N3O3/c1-15(2)13-20(27-22(29)17-8-7-16(24)14-18(17)25)23(30)26-19-5-3-4-6-21(19)28-9-11-31-12-10-28/h3-8,14-15,20H,9-13H2,1-2H3,(H,26,30)(H,27,29). The monoisotopic (exact) mass is 463 g/mol. The highest BCUT2D eigenvalue weighted by Gasteiger charge is 2.25. The van der Waals surface area contributed by atoms with Crippen molar-refractivity contribution in [1.82, 2.24) is 5.32 Å². The zero-order chi connectivity index (χ0) is 22.4. The van der Waals surface area contributed by atoms with Crippen LogP contribution < -0.4 is 15.5 Å². The van der Waals surface area contributed by atoms with Crippen LogP contribution >= 0.6 is 23.2 Å². The van der Waals surface area contributed by atoms with Crippen LogP contribution in [-0.4, -0.2) is 44.2 Å². The lowest BCUT2D eigenvalue weighted by Crippen LogP contribution is -2.45. The van der Waals surface area contributed by atoms with Crippen molar-refractivity contribution in [2.75, 3.05) is 36.5 Å². The molecule has 2 amide bonds. The Hall–Kier alpha value is -2.28. The summed E-state index contributed by atoms with van der Waals surface area (Å²) in [5, 5.41) is 6.52. The molecule has 1 fully saturated rings. The first kappa shape index (κ1) is 23.4. The third-order valence-corrected chi connectivity index (χ3v) is 5.57. The van der Waals surface area contributed by atoms with Gasteiger partial charge in [-0.15, -0.1) is 0 Å². The molecule has 8 heteroatoms. The number of morpholine rings is 1. The largest absolute Gasteiger partial charge is 0.378 e. The molecule has 2 aromatic rings. The number of ether oxygens (including phenoxy) is 1. The van der Waals surface area contributed by atoms with Crippen molar-refractivity contribution >= 4 is 46.4 Å². The van der Waals surface area contributed by atoms with Gasteiger partial charge in [-0.1, -0.05) is 49.2 Å². The van der Waals surface area contributed by atoms with E-state index in [1.54, 1.807) is 12.1 Å². The Kier molecular flexibility index (Phi) is 8.18. The van der Waals surface area contributed by atoms with Crippen LogP contribution in [0.1, 0.15) is 30.6 Å². The number of nitrogens with zero attached hydrogens (tertiary/aromatic N) is 1. The van der Waals surface area contributed by atoms with Crippen LogP contribution in [0.25, 0.3) is 0 Å². The number of halogens is 2. The number of para-hydroxylation sites is 2. The van der Waals surface area contributed by atoms with E-state index in [1.165, 1.54) is 6.07 Å². The molecule has 0 spiro atoms. The van der Waals surface area contributed by atoms with Crippen LogP contribution in [0, 0.1) is 5.92 Å². The maximum atomic E-state index is 13.2. The van der Waals surface area contributed by atoms with Crippen molar-refractivity contribution in [1.29, 1.82) is 0 Å². The van der Waals surface area contributed by atoms with Gasteiger partial charge in [0.05, 0.1) is 35.2 Å². The maximum absolute atomic E-state index is 13.2. The SMILES string of the molecule is CC(C)CC(NC(=O)c1ccc(Cl)cc1Cl)C(=O)Nc1ccccc1N1CCOCC1. The predicted molar refractivity (Wildman–Crippen MR) is 125 cm³/mol. The summed E-state index contributed by atoms with van der Waals surface area (Å²) >= 11 is 12.1. The van der Waals surface area contributed by atoms with Gasteiger partial charge >= 0.3 is 0 Å². The van der Waals surface area contributed by atoms with Crippen LogP contribution in [0.4, 0.5) is 11.4 Å². The fourth-order valence-corrected chi connectivity index (χ4v) is 3.99. The van der Waals surface area contributed by atoms with E-state index in [9.17, 15) is 9.59 Å². The van der Waals surface area contributed by atoms with Gasteiger partial charge in [0.1, 0.15) is 6.04 Å². The molecule has 0 aliphatic carbocycles. The number of nitrogens with one attached hydrogen (secondary N) is 2. The molecule has 1 heterocycles. The van der Waals surface area contributed by atoms with Gasteiger partial charge in [-0.2, -0.15) is 0 Å². The summed E-state index contributed by atoms with van der Waals surface area (Å²) in [7, 11) is 0. The normalized spacial score (nSPS) is 14.9. The molecule has 31 heavy (non-hydrogen) atoms. The molecule has 0 bridgehead atoms. The van der Waals surface area contributed by atoms with Gasteiger partial charge in [0.15, 0.2) is 0 Å². The highest BCUT2D eigenvalue weighted by atomic mass is 35.5. The molecular weight excluding hydrogens is 437 g/mol. The van der Waals surface area contributed by atoms with Gasteiger partial charge in [0.2, 0.25) is 5.91 Å². The molecule has 1 aliphatic heterocycles. The predicted octanol–water partition coefficient (Wildman–Crippen LogP) is 4.61. The van der Waals surface area contributed by atoms with Crippen molar-refractivity contribution in [2.24, 2.45) is 5.92 Å². The fraction of sp³-hybridized carbons (Fsp3) is 0.391. The van der Waals surface area contributed by atoms with E-state index in [1.807, 2.05) is 38.1 Å². The number of amides is 2. The molecule has 0 aromatic heterocycles. The summed E-state index contributed by atoms with van der Waals surface area (Å²) in [5.74, 6) is -0.483. The van der Waals surface area contributed by atoms with E-state index in [-0.39, 0.29) is 22.4 Å². The van der Waals surface area contributed by atoms with E-state index < -0.39 is 11.9 Å². The van der Waals surface area contributed by atoms with Gasteiger partial charge in [0, 0.05) is 18.1 Å². The third kappa shape index (κ3) is 6.35. The number of rotatable bonds is 7. The first-order valence-corrected chi connectivity index (χ1v) is 11.1. The summed E-state index contributed by atoms with van der Waals surface area (Å²) in [4.78, 5) is 28.1. The topological polar surface area (TPSA) is 70.7 Å². The van der Waals surface area contributed by atoms with E-state index in [4.69, 9.17) is 27.9 Å². The Bertz CT molecular complexity index is 930. The van der Waals surface area contributed by atoms with E-state index >= 15 is 0 Å². The minimum Gasteiger partial charge on any atom is -0.378 e. The Balaban J connectivity index is 1.77. The third-order valence-electron chi connectivity index (χ3n) is 5.02. The number of carbonyl (C=O) groups is 2. The molecule has 166 valence electrons. The van der Waals surface area contributed by atoms with Crippen molar-refractivity contribution in [2.45, 2.75) is 26.3 Å². The summed E-state index contributed by atoms with van der Waals surface area (Å²) < 4.78 is 5.43. The lowest BCUT2D eigenvalue weighted by atomic mass is 10.0. The van der Waals surface area contributed by atoms with Crippen molar-refractivity contribution in [3.63, 3.8) is 0 Å². The van der Waals surface area contributed by atoms with E-state index in [2.05, 4.69) is 15.5 Å². The highest BCUT2D eigenvalue weighted by molar-refractivity contribution is 6.36. The average molecular weight is 464 g/mol. The first-order chi connectivity index (χ1) is 14.8. The van der Waals surface area contributed by atoms with Crippen molar-refractivity contribution in [3.8, 4) is 0 Å². The lowest BCUT2D eigenvalue weighted by Gasteiger charge is -2.31. The van der Waals surface area contributed by atoms with Crippen LogP contribution in [0.3, 0.4) is 0 Å². The molecule has 1 atom stereocenters. The number of carbonyl (C=O) groups excluding carboxylic acids is 2. The first-order valence-electron chi connectivity index (χ1n) is 10.3. The van der Waals surface area contributed by atoms with Crippen LogP contribution in [0.5, 0.6) is 0 Å². The quantitative estimate of drug-likeness (QED) is 0.628. The second-order valence-corrected chi connectivity index (χ2v) is 8.73. The Morgan fingerprint density at radius 2 is 1.81 bits per heavy atom. The second kappa shape index (κ2) is 10.8. The fourth-order valence-electron chi connectivity index (χ4n) is 3.49. The molecule has 6 nitrogen and oxygen atoms in total. The number of hydrogen-bond donors (Lipinski definition) is 2. The van der Waals surface area contributed by atoms with Gasteiger partial charge in [-0.05, 0) is 42.7 Å². The van der Waals surface area contributed by atoms with E-state index in [0.717, 1.165) is 18.8 Å². The second-order valence-electron chi connectivity index (χ2n) is 7.89. The van der Waals surface area contributed by atoms with Crippen LogP contribution in [0.2, 0.25) is 10.0 Å². The molecule has 2 aromatic carbocycles. The Labute approximate surface area is 192 Å². The summed E-state index contributed by atoms with van der Waals surface area (Å²) in [6.07, 6.45) is 0.489. The molecule has 2 N–H and O–H groups in total. The van der Waals surface area contributed by atoms with Crippen LogP contribution in [0.15, 0.2) is 42.5 Å². The lowest BCUT2D eigenvalue weighted by molar-refractivity contribution is -0.118. The minimum atomic E-state index is -0.711. The molecule has 0 radical (unpaired) electrons. The highest BCUT2D eigenvalue weighted by Crippen LogP contribution is 2.27. The van der Waals surface area contributed by atoms with Crippen LogP contribution in [-0.2, 0) is 9.53 Å². The Morgan fingerprint density at radius 3 is 2.48 bits per heavy atom. The zero-order valence-corrected chi connectivity index (χ0v) is 19.2. The average Bonchev–Trinajstić information content (AvgIpc) is 2.74. The molecule has 1 unspecified atom stereocenters. The summed E-state index contributed by atoms with van der Waals surface area (Å²) in [6.45, 7) is 6.82. The van der Waals surface area contributed by atoms with Crippen molar-refractivity contribution < 1.29 is 14.3 Å². The summed E-state index contributed by atoms with van der Waals surface area (Å²) in [5.41, 5.74) is 1.93. The molecule has 0 saturated carbocycles. The van der Waals surface area contributed by atoms with Gasteiger partial charge in [-0.3, -0.25) is 9.59 Å². The molecule has 1 saturated heterocycles. The summed E-state index contributed by atoms with van der Waals surface area (Å²) in [6, 6.07) is 11.6. The van der Waals surface area contributed by atoms with Crippen molar-refractivity contribution in [3.05, 3.63) is 58.1 Å². The number of hydrogen-bond acceptors (Lipinski definition) is 4. The maximum Gasteiger partial charge on any atom is 0.253 e. The van der Waals surface area contributed by atoms with Gasteiger partial charge < -0.3 is 20.3 Å². The van der Waals surface area contributed by atoms with E-state index in [0.29, 0.717) is 30.3 Å². The molecular formula is C23H27Cl2N3O3. The minimum absolute atomic E-state index is 0.200. The zero-order valence-electron chi connectivity index (χ0n) is 17.7. The molecule has 3 rings (SSSR count). The Morgan fingerprint density at radius 1 is 1.10 bits per heavy atom. The number of anilines is 2. The molecule has 1 aliphatic rings.